The molecular formula is C26H27FN4O5. The monoisotopic (exact) mass is 494 g/mol. The summed E-state index contributed by atoms with van der Waals surface area (Å²) in [5, 5.41) is 7.51. The van der Waals surface area contributed by atoms with Crippen molar-refractivity contribution in [3.8, 4) is 5.75 Å². The number of fused-ring (bicyclic) bond motifs is 1. The van der Waals surface area contributed by atoms with Crippen molar-refractivity contribution in [2.24, 2.45) is 5.73 Å². The van der Waals surface area contributed by atoms with Crippen LogP contribution in [0.4, 0.5) is 9.18 Å². The number of amides is 2. The number of carbonyl (C=O) groups is 3. The van der Waals surface area contributed by atoms with Gasteiger partial charge in [0, 0.05) is 6.04 Å². The molecular weight excluding hydrogens is 467 g/mol. The number of halogens is 1. The molecule has 2 amide bonds. The van der Waals surface area contributed by atoms with E-state index in [1.165, 1.54) is 31.4 Å². The van der Waals surface area contributed by atoms with Crippen molar-refractivity contribution in [2.45, 2.75) is 38.1 Å². The number of aromatic nitrogens is 2. The van der Waals surface area contributed by atoms with Gasteiger partial charge in [-0.15, -0.1) is 0 Å². The molecule has 0 bridgehead atoms. The van der Waals surface area contributed by atoms with Crippen molar-refractivity contribution in [1.82, 2.24) is 15.1 Å². The fraction of sp³-hybridized carbons (Fsp3) is 0.308. The van der Waals surface area contributed by atoms with Gasteiger partial charge < -0.3 is 20.5 Å². The summed E-state index contributed by atoms with van der Waals surface area (Å²) >= 11 is 0. The molecule has 3 aromatic rings. The number of carbonyl (C=O) groups excluding carboxylic acids is 3. The van der Waals surface area contributed by atoms with E-state index in [1.54, 1.807) is 24.3 Å². The number of primary amides is 1. The Morgan fingerprint density at radius 1 is 1.11 bits per heavy atom. The Hall–Kier alpha value is -4.21. The van der Waals surface area contributed by atoms with Crippen LogP contribution < -0.4 is 15.8 Å². The minimum atomic E-state index is -0.821. The van der Waals surface area contributed by atoms with Crippen LogP contribution in [-0.4, -0.2) is 47.4 Å². The first kappa shape index (κ1) is 24.9. The van der Waals surface area contributed by atoms with Gasteiger partial charge in [-0.1, -0.05) is 37.5 Å². The first-order valence-corrected chi connectivity index (χ1v) is 11.7. The predicted molar refractivity (Wildman–Crippen MR) is 132 cm³/mol. The molecule has 1 aromatic heterocycles. The first-order valence-electron chi connectivity index (χ1n) is 11.7. The third-order valence-electron chi connectivity index (χ3n) is 6.07. The van der Waals surface area contributed by atoms with E-state index < -0.39 is 18.6 Å². The molecule has 1 fully saturated rings. The number of hydrogen-bond donors (Lipinski definition) is 2. The highest BCUT2D eigenvalue weighted by molar-refractivity contribution is 6.06. The van der Waals surface area contributed by atoms with E-state index in [1.807, 2.05) is 0 Å². The number of nitrogens with two attached hydrogens (primary N) is 1. The SMILES string of the molecule is COc1c(C(=O)OCC(=O)NC2CCCCC2)ccc2c1c(C=Cc1ccc(F)cc1)nn2C(N)=O. The molecule has 0 aliphatic heterocycles. The number of methoxy groups -OCH3 is 1. The summed E-state index contributed by atoms with van der Waals surface area (Å²) < 4.78 is 25.0. The number of nitrogens with one attached hydrogen (secondary N) is 1. The fourth-order valence-electron chi connectivity index (χ4n) is 4.34. The van der Waals surface area contributed by atoms with E-state index in [0.717, 1.165) is 36.8 Å². The smallest absolute Gasteiger partial charge is 0.342 e. The summed E-state index contributed by atoms with van der Waals surface area (Å²) in [5.74, 6) is -1.36. The molecule has 36 heavy (non-hydrogen) atoms. The van der Waals surface area contributed by atoms with Gasteiger partial charge in [0.25, 0.3) is 5.91 Å². The van der Waals surface area contributed by atoms with Crippen LogP contribution >= 0.6 is 0 Å². The van der Waals surface area contributed by atoms with Crippen molar-refractivity contribution in [1.29, 1.82) is 0 Å². The molecule has 4 rings (SSSR count). The van der Waals surface area contributed by atoms with E-state index in [-0.39, 0.29) is 29.1 Å². The number of ether oxygens (including phenoxy) is 2. The van der Waals surface area contributed by atoms with E-state index in [9.17, 15) is 18.8 Å². The highest BCUT2D eigenvalue weighted by Gasteiger charge is 2.24. The normalized spacial score (nSPS) is 14.2. The summed E-state index contributed by atoms with van der Waals surface area (Å²) in [6, 6.07) is 8.01. The number of hydrogen-bond acceptors (Lipinski definition) is 6. The molecule has 9 nitrogen and oxygen atoms in total. The van der Waals surface area contributed by atoms with E-state index >= 15 is 0 Å². The maximum Gasteiger partial charge on any atom is 0.342 e. The Kier molecular flexibility index (Phi) is 7.62. The summed E-state index contributed by atoms with van der Waals surface area (Å²) in [6.45, 7) is -0.422. The Morgan fingerprint density at radius 3 is 2.50 bits per heavy atom. The minimum absolute atomic E-state index is 0.0657. The molecule has 0 spiro atoms. The van der Waals surface area contributed by atoms with Gasteiger partial charge in [0.1, 0.15) is 17.1 Å². The topological polar surface area (TPSA) is 126 Å². The number of rotatable bonds is 7. The van der Waals surface area contributed by atoms with Crippen LogP contribution in [0, 0.1) is 5.82 Å². The second kappa shape index (κ2) is 11.0. The third kappa shape index (κ3) is 5.54. The van der Waals surface area contributed by atoms with E-state index in [2.05, 4.69) is 10.4 Å². The zero-order chi connectivity index (χ0) is 25.7. The molecule has 1 aliphatic carbocycles. The minimum Gasteiger partial charge on any atom is -0.495 e. The lowest BCUT2D eigenvalue weighted by Crippen LogP contribution is -2.38. The van der Waals surface area contributed by atoms with Crippen LogP contribution in [0.3, 0.4) is 0 Å². The second-order valence-corrected chi connectivity index (χ2v) is 8.54. The summed E-state index contributed by atoms with van der Waals surface area (Å²) in [6.07, 6.45) is 8.41. The van der Waals surface area contributed by atoms with Crippen molar-refractivity contribution in [2.75, 3.05) is 13.7 Å². The summed E-state index contributed by atoms with van der Waals surface area (Å²) in [4.78, 5) is 37.1. The van der Waals surface area contributed by atoms with Crippen LogP contribution in [0.5, 0.6) is 5.75 Å². The third-order valence-corrected chi connectivity index (χ3v) is 6.07. The van der Waals surface area contributed by atoms with E-state index in [4.69, 9.17) is 15.2 Å². The largest absolute Gasteiger partial charge is 0.495 e. The fourth-order valence-corrected chi connectivity index (χ4v) is 4.34. The first-order chi connectivity index (χ1) is 17.4. The van der Waals surface area contributed by atoms with Gasteiger partial charge in [-0.05, 0) is 48.7 Å². The maximum absolute atomic E-state index is 13.2. The van der Waals surface area contributed by atoms with Gasteiger partial charge in [-0.25, -0.2) is 14.0 Å². The predicted octanol–water partition coefficient (Wildman–Crippen LogP) is 3.89. The Labute approximate surface area is 207 Å². The lowest BCUT2D eigenvalue weighted by atomic mass is 9.95. The lowest BCUT2D eigenvalue weighted by molar-refractivity contribution is -0.125. The zero-order valence-corrected chi connectivity index (χ0v) is 19.8. The van der Waals surface area contributed by atoms with Crippen LogP contribution in [0.2, 0.25) is 0 Å². The van der Waals surface area contributed by atoms with Crippen LogP contribution in [0.25, 0.3) is 23.1 Å². The van der Waals surface area contributed by atoms with Gasteiger partial charge in [-0.3, -0.25) is 4.79 Å². The molecule has 3 N–H and O–H groups in total. The van der Waals surface area contributed by atoms with Crippen LogP contribution in [-0.2, 0) is 9.53 Å². The summed E-state index contributed by atoms with van der Waals surface area (Å²) in [5.41, 5.74) is 6.86. The summed E-state index contributed by atoms with van der Waals surface area (Å²) in [7, 11) is 1.37. The molecule has 0 saturated heterocycles. The van der Waals surface area contributed by atoms with Crippen molar-refractivity contribution in [3.63, 3.8) is 0 Å². The highest BCUT2D eigenvalue weighted by Crippen LogP contribution is 2.34. The van der Waals surface area contributed by atoms with Gasteiger partial charge in [0.2, 0.25) is 0 Å². The molecule has 188 valence electrons. The maximum atomic E-state index is 13.2. The average molecular weight is 495 g/mol. The van der Waals surface area contributed by atoms with Crippen molar-refractivity contribution < 1.29 is 28.2 Å². The average Bonchev–Trinajstić information content (AvgIpc) is 3.26. The molecule has 0 atom stereocenters. The molecule has 10 heteroatoms. The Morgan fingerprint density at radius 2 is 1.83 bits per heavy atom. The van der Waals surface area contributed by atoms with E-state index in [0.29, 0.717) is 22.2 Å². The molecule has 1 heterocycles. The van der Waals surface area contributed by atoms with Crippen molar-refractivity contribution >= 4 is 41.0 Å². The van der Waals surface area contributed by atoms with Gasteiger partial charge in [0.15, 0.2) is 6.61 Å². The van der Waals surface area contributed by atoms with Crippen LogP contribution in [0.15, 0.2) is 36.4 Å². The van der Waals surface area contributed by atoms with Crippen molar-refractivity contribution in [3.05, 3.63) is 59.0 Å². The van der Waals surface area contributed by atoms with Gasteiger partial charge >= 0.3 is 12.0 Å². The molecule has 2 aromatic carbocycles. The number of esters is 1. The Bertz CT molecular complexity index is 1310. The Balaban J connectivity index is 1.61. The quantitative estimate of drug-likeness (QED) is 0.480. The standard InChI is InChI=1S/C26H27FN4O5/c1-35-24-19(25(33)36-15-22(32)29-18-5-3-2-4-6-18)12-14-21-23(24)20(30-31(21)26(28)34)13-9-16-7-10-17(27)11-8-16/h7-14,18H,2-6,15H2,1H3,(H2,28,34)(H,29,32). The van der Waals surface area contributed by atoms with Gasteiger partial charge in [-0.2, -0.15) is 9.78 Å². The van der Waals surface area contributed by atoms with Crippen LogP contribution in [0.1, 0.15) is 53.7 Å². The lowest BCUT2D eigenvalue weighted by Gasteiger charge is -2.22. The number of nitrogens with zero attached hydrogens (tertiary/aromatic N) is 2. The number of benzene rings is 2. The van der Waals surface area contributed by atoms with Gasteiger partial charge in [0.05, 0.1) is 23.7 Å². The molecule has 1 saturated carbocycles. The molecule has 0 radical (unpaired) electrons. The highest BCUT2D eigenvalue weighted by atomic mass is 19.1. The zero-order valence-electron chi connectivity index (χ0n) is 19.8. The second-order valence-electron chi connectivity index (χ2n) is 8.54. The molecule has 1 aliphatic rings. The molecule has 0 unspecified atom stereocenters.